The van der Waals surface area contributed by atoms with Gasteiger partial charge < -0.3 is 5.32 Å². The summed E-state index contributed by atoms with van der Waals surface area (Å²) in [6, 6.07) is 25.7. The van der Waals surface area contributed by atoms with E-state index in [-0.39, 0.29) is 11.2 Å². The second kappa shape index (κ2) is 9.04. The summed E-state index contributed by atoms with van der Waals surface area (Å²) in [5, 5.41) is 2.78. The molecule has 3 aromatic rings. The van der Waals surface area contributed by atoms with Gasteiger partial charge in [-0.3, -0.25) is 9.78 Å². The summed E-state index contributed by atoms with van der Waals surface area (Å²) in [6.07, 6.45) is 2.50. The zero-order valence-electron chi connectivity index (χ0n) is 13.8. The number of nitrogens with one attached hydrogen (secondary N) is 1. The van der Waals surface area contributed by atoms with Crippen LogP contribution in [0.4, 0.5) is 0 Å². The van der Waals surface area contributed by atoms with Crippen LogP contribution in [-0.2, 0) is 11.2 Å². The number of rotatable bonds is 7. The maximum atomic E-state index is 12.8. The van der Waals surface area contributed by atoms with Gasteiger partial charge in [0.05, 0.1) is 0 Å². The monoisotopic (exact) mass is 348 g/mol. The lowest BCUT2D eigenvalue weighted by Gasteiger charge is -2.17. The Morgan fingerprint density at radius 2 is 1.60 bits per heavy atom. The summed E-state index contributed by atoms with van der Waals surface area (Å²) in [5.41, 5.74) is 1.99. The van der Waals surface area contributed by atoms with E-state index in [1.54, 1.807) is 18.0 Å². The van der Waals surface area contributed by atoms with Crippen LogP contribution in [0.3, 0.4) is 0 Å². The van der Waals surface area contributed by atoms with Crippen molar-refractivity contribution < 1.29 is 4.79 Å². The Bertz CT molecular complexity index is 779. The molecule has 0 bridgehead atoms. The number of amides is 1. The summed E-state index contributed by atoms with van der Waals surface area (Å²) < 4.78 is 0. The lowest BCUT2D eigenvalue weighted by molar-refractivity contribution is -0.120. The second-order valence-corrected chi connectivity index (χ2v) is 6.76. The molecule has 0 aliphatic rings. The molecule has 0 saturated heterocycles. The predicted octanol–water partition coefficient (Wildman–Crippen LogP) is 4.27. The molecule has 1 N–H and O–H groups in total. The van der Waals surface area contributed by atoms with Gasteiger partial charge in [-0.15, -0.1) is 11.8 Å². The summed E-state index contributed by atoms with van der Waals surface area (Å²) in [7, 11) is 0. The third kappa shape index (κ3) is 5.19. The van der Waals surface area contributed by atoms with Crippen molar-refractivity contribution in [1.29, 1.82) is 0 Å². The normalized spacial score (nSPS) is 11.7. The molecule has 1 atom stereocenters. The Kier molecular flexibility index (Phi) is 6.23. The number of hydrogen-bond acceptors (Lipinski definition) is 3. The van der Waals surface area contributed by atoms with Crippen molar-refractivity contribution in [1.82, 2.24) is 10.3 Å². The highest BCUT2D eigenvalue weighted by Gasteiger charge is 2.21. The van der Waals surface area contributed by atoms with E-state index in [1.807, 2.05) is 78.9 Å². The molecule has 0 fully saturated rings. The van der Waals surface area contributed by atoms with Crippen molar-refractivity contribution in [3.63, 3.8) is 0 Å². The molecule has 3 rings (SSSR count). The average molecular weight is 348 g/mol. The van der Waals surface area contributed by atoms with E-state index in [2.05, 4.69) is 10.3 Å². The first-order valence-corrected chi connectivity index (χ1v) is 9.15. The topological polar surface area (TPSA) is 42.0 Å². The maximum Gasteiger partial charge on any atom is 0.238 e. The summed E-state index contributed by atoms with van der Waals surface area (Å²) in [4.78, 5) is 18.2. The van der Waals surface area contributed by atoms with Crippen LogP contribution in [0.2, 0.25) is 0 Å². The van der Waals surface area contributed by atoms with Crippen molar-refractivity contribution in [2.75, 3.05) is 6.54 Å². The van der Waals surface area contributed by atoms with Crippen LogP contribution in [0.25, 0.3) is 0 Å². The first-order chi connectivity index (χ1) is 12.3. The third-order valence-corrected chi connectivity index (χ3v) is 5.01. The standard InChI is InChI=1S/C21H20N2OS/c24-21(23-16-14-18-11-7-8-15-22-18)20(17-9-3-1-4-10-17)25-19-12-5-2-6-13-19/h1-13,15,20H,14,16H2,(H,23,24). The van der Waals surface area contributed by atoms with E-state index in [0.29, 0.717) is 6.54 Å². The third-order valence-electron chi connectivity index (χ3n) is 3.74. The molecular weight excluding hydrogens is 328 g/mol. The molecule has 1 amide bonds. The van der Waals surface area contributed by atoms with Gasteiger partial charge in [-0.25, -0.2) is 0 Å². The van der Waals surface area contributed by atoms with Gasteiger partial charge in [0.15, 0.2) is 0 Å². The van der Waals surface area contributed by atoms with Crippen molar-refractivity contribution in [3.8, 4) is 0 Å². The number of aromatic nitrogens is 1. The van der Waals surface area contributed by atoms with Crippen molar-refractivity contribution >= 4 is 17.7 Å². The Morgan fingerprint density at radius 3 is 2.28 bits per heavy atom. The van der Waals surface area contributed by atoms with Crippen LogP contribution < -0.4 is 5.32 Å². The highest BCUT2D eigenvalue weighted by Crippen LogP contribution is 2.35. The smallest absolute Gasteiger partial charge is 0.238 e. The zero-order valence-corrected chi connectivity index (χ0v) is 14.7. The Balaban J connectivity index is 1.67. The van der Waals surface area contributed by atoms with Crippen LogP contribution >= 0.6 is 11.8 Å². The fraction of sp³-hybridized carbons (Fsp3) is 0.143. The van der Waals surface area contributed by atoms with Crippen LogP contribution in [-0.4, -0.2) is 17.4 Å². The molecule has 4 heteroatoms. The van der Waals surface area contributed by atoms with Crippen molar-refractivity contribution in [2.45, 2.75) is 16.6 Å². The van der Waals surface area contributed by atoms with Gasteiger partial charge in [0.25, 0.3) is 0 Å². The summed E-state index contributed by atoms with van der Waals surface area (Å²) >= 11 is 1.57. The molecule has 2 aromatic carbocycles. The number of carbonyl (C=O) groups excluding carboxylic acids is 1. The zero-order chi connectivity index (χ0) is 17.3. The van der Waals surface area contributed by atoms with Gasteiger partial charge in [0.1, 0.15) is 5.25 Å². The van der Waals surface area contributed by atoms with E-state index in [4.69, 9.17) is 0 Å². The Morgan fingerprint density at radius 1 is 0.920 bits per heavy atom. The minimum Gasteiger partial charge on any atom is -0.354 e. The van der Waals surface area contributed by atoms with E-state index < -0.39 is 0 Å². The van der Waals surface area contributed by atoms with E-state index >= 15 is 0 Å². The molecule has 25 heavy (non-hydrogen) atoms. The van der Waals surface area contributed by atoms with Crippen LogP contribution in [0.5, 0.6) is 0 Å². The molecule has 0 aliphatic heterocycles. The van der Waals surface area contributed by atoms with Crippen LogP contribution in [0, 0.1) is 0 Å². The minimum atomic E-state index is -0.271. The molecule has 3 nitrogen and oxygen atoms in total. The SMILES string of the molecule is O=C(NCCc1ccccn1)C(Sc1ccccc1)c1ccccc1. The number of benzene rings is 2. The van der Waals surface area contributed by atoms with Crippen molar-refractivity contribution in [3.05, 3.63) is 96.3 Å². The number of carbonyl (C=O) groups is 1. The molecular formula is C21H20N2OS. The summed E-state index contributed by atoms with van der Waals surface area (Å²) in [5.74, 6) is 0.0241. The number of thioether (sulfide) groups is 1. The maximum absolute atomic E-state index is 12.8. The summed E-state index contributed by atoms with van der Waals surface area (Å²) in [6.45, 7) is 0.578. The van der Waals surface area contributed by atoms with E-state index in [0.717, 1.165) is 22.6 Å². The molecule has 0 aliphatic carbocycles. The molecule has 0 spiro atoms. The predicted molar refractivity (Wildman–Crippen MR) is 102 cm³/mol. The quantitative estimate of drug-likeness (QED) is 0.648. The molecule has 1 unspecified atom stereocenters. The molecule has 1 heterocycles. The van der Waals surface area contributed by atoms with Crippen LogP contribution in [0.15, 0.2) is 90.0 Å². The first-order valence-electron chi connectivity index (χ1n) is 8.27. The largest absolute Gasteiger partial charge is 0.354 e. The van der Waals surface area contributed by atoms with Gasteiger partial charge in [0, 0.05) is 29.8 Å². The molecule has 0 saturated carbocycles. The van der Waals surface area contributed by atoms with Gasteiger partial charge in [0.2, 0.25) is 5.91 Å². The van der Waals surface area contributed by atoms with E-state index in [9.17, 15) is 4.79 Å². The van der Waals surface area contributed by atoms with Gasteiger partial charge in [-0.1, -0.05) is 54.6 Å². The molecule has 1 aromatic heterocycles. The van der Waals surface area contributed by atoms with E-state index in [1.165, 1.54) is 0 Å². The minimum absolute atomic E-state index is 0.0241. The highest BCUT2D eigenvalue weighted by atomic mass is 32.2. The average Bonchev–Trinajstić information content (AvgIpc) is 2.68. The number of hydrogen-bond donors (Lipinski definition) is 1. The van der Waals surface area contributed by atoms with Gasteiger partial charge in [-0.2, -0.15) is 0 Å². The molecule has 0 radical (unpaired) electrons. The van der Waals surface area contributed by atoms with Crippen LogP contribution in [0.1, 0.15) is 16.5 Å². The number of nitrogens with zero attached hydrogens (tertiary/aromatic N) is 1. The van der Waals surface area contributed by atoms with Gasteiger partial charge in [-0.05, 0) is 29.8 Å². The number of pyridine rings is 1. The van der Waals surface area contributed by atoms with Gasteiger partial charge >= 0.3 is 0 Å². The Labute approximate surface area is 152 Å². The van der Waals surface area contributed by atoms with Crippen molar-refractivity contribution in [2.24, 2.45) is 0 Å². The first kappa shape index (κ1) is 17.2. The lowest BCUT2D eigenvalue weighted by Crippen LogP contribution is -2.30. The molecule has 126 valence electrons. The second-order valence-electron chi connectivity index (χ2n) is 5.58. The Hall–Kier alpha value is -2.59. The lowest BCUT2D eigenvalue weighted by atomic mass is 10.1. The fourth-order valence-corrected chi connectivity index (χ4v) is 3.56. The highest BCUT2D eigenvalue weighted by molar-refractivity contribution is 8.00. The fourth-order valence-electron chi connectivity index (χ4n) is 2.49.